The first kappa shape index (κ1) is 11.8. The molecule has 3 rings (SSSR count). The molecule has 1 saturated carbocycles. The van der Waals surface area contributed by atoms with E-state index in [2.05, 4.69) is 42.5 Å². The number of nitrogens with two attached hydrogens (primary N) is 1. The Morgan fingerprint density at radius 2 is 1.83 bits per heavy atom. The molecular formula is C12H12IN5. The molecule has 5 nitrogen and oxygen atoms in total. The minimum Gasteiger partial charge on any atom is -0.383 e. The smallest absolute Gasteiger partial charge is 0.200 e. The second kappa shape index (κ2) is 4.42. The van der Waals surface area contributed by atoms with Gasteiger partial charge in [-0.15, -0.1) is 0 Å². The van der Waals surface area contributed by atoms with E-state index in [1.54, 1.807) is 12.4 Å². The van der Waals surface area contributed by atoms with Gasteiger partial charge in [-0.3, -0.25) is 0 Å². The van der Waals surface area contributed by atoms with Gasteiger partial charge >= 0.3 is 0 Å². The number of rotatable bonds is 2. The van der Waals surface area contributed by atoms with Gasteiger partial charge in [-0.05, 0) is 47.9 Å². The van der Waals surface area contributed by atoms with Crippen molar-refractivity contribution < 1.29 is 0 Å². The van der Waals surface area contributed by atoms with Crippen molar-refractivity contribution >= 4 is 28.4 Å². The zero-order valence-corrected chi connectivity index (χ0v) is 12.0. The van der Waals surface area contributed by atoms with E-state index in [0.29, 0.717) is 23.4 Å². The first-order chi connectivity index (χ1) is 8.65. The van der Waals surface area contributed by atoms with E-state index >= 15 is 0 Å². The largest absolute Gasteiger partial charge is 0.383 e. The number of hydrogen-bond donors (Lipinski definition) is 1. The summed E-state index contributed by atoms with van der Waals surface area (Å²) in [6, 6.07) is 0. The highest BCUT2D eigenvalue weighted by Gasteiger charge is 2.29. The molecule has 0 atom stereocenters. The van der Waals surface area contributed by atoms with Crippen molar-refractivity contribution in [3.8, 4) is 11.6 Å². The number of nitrogen functional groups attached to an aromatic ring is 1. The molecular weight excluding hydrogens is 341 g/mol. The average Bonchev–Trinajstić information content (AvgIpc) is 3.18. The van der Waals surface area contributed by atoms with E-state index in [-0.39, 0.29) is 0 Å². The Hall–Kier alpha value is -1.31. The van der Waals surface area contributed by atoms with E-state index < -0.39 is 0 Å². The molecule has 1 aliphatic rings. The number of halogens is 1. The van der Waals surface area contributed by atoms with Crippen molar-refractivity contribution in [3.05, 3.63) is 27.2 Å². The predicted molar refractivity (Wildman–Crippen MR) is 76.9 cm³/mol. The Balaban J connectivity index is 2.09. The maximum absolute atomic E-state index is 5.94. The Morgan fingerprint density at radius 1 is 1.17 bits per heavy atom. The highest BCUT2D eigenvalue weighted by atomic mass is 127. The third-order valence-electron chi connectivity index (χ3n) is 2.85. The first-order valence-corrected chi connectivity index (χ1v) is 6.85. The minimum absolute atomic E-state index is 0.520. The zero-order valence-electron chi connectivity index (χ0n) is 9.89. The van der Waals surface area contributed by atoms with Crippen molar-refractivity contribution in [1.29, 1.82) is 0 Å². The van der Waals surface area contributed by atoms with Crippen LogP contribution in [0.15, 0.2) is 12.4 Å². The van der Waals surface area contributed by atoms with Crippen LogP contribution in [0, 0.1) is 10.5 Å². The minimum atomic E-state index is 0.520. The van der Waals surface area contributed by atoms with Crippen molar-refractivity contribution in [1.82, 2.24) is 19.9 Å². The van der Waals surface area contributed by atoms with Gasteiger partial charge < -0.3 is 5.73 Å². The van der Waals surface area contributed by atoms with Crippen LogP contribution in [0.5, 0.6) is 0 Å². The van der Waals surface area contributed by atoms with Gasteiger partial charge in [0.2, 0.25) is 0 Å². The number of anilines is 1. The van der Waals surface area contributed by atoms with Crippen LogP contribution in [0.25, 0.3) is 11.6 Å². The summed E-state index contributed by atoms with van der Waals surface area (Å²) in [5.41, 5.74) is 8.00. The molecule has 18 heavy (non-hydrogen) atoms. The highest BCUT2D eigenvalue weighted by molar-refractivity contribution is 14.1. The molecule has 0 saturated heterocycles. The molecule has 0 radical (unpaired) electrons. The molecule has 2 aromatic rings. The van der Waals surface area contributed by atoms with Crippen LogP contribution in [0.1, 0.15) is 30.0 Å². The van der Waals surface area contributed by atoms with Crippen molar-refractivity contribution in [2.75, 3.05) is 5.73 Å². The second-order valence-electron chi connectivity index (χ2n) is 4.49. The fourth-order valence-electron chi connectivity index (χ4n) is 1.72. The lowest BCUT2D eigenvalue weighted by molar-refractivity contribution is 0.963. The van der Waals surface area contributed by atoms with E-state index in [0.717, 1.165) is 14.8 Å². The summed E-state index contributed by atoms with van der Waals surface area (Å²) in [4.78, 5) is 17.3. The maximum atomic E-state index is 5.94. The van der Waals surface area contributed by atoms with Crippen LogP contribution in [0.4, 0.5) is 5.82 Å². The van der Waals surface area contributed by atoms with Crippen LogP contribution in [0.3, 0.4) is 0 Å². The predicted octanol–water partition coefficient (Wildman–Crippen LogP) is 2.31. The van der Waals surface area contributed by atoms with Crippen molar-refractivity contribution in [2.24, 2.45) is 0 Å². The summed E-state index contributed by atoms with van der Waals surface area (Å²) < 4.78 is 0.964. The molecule has 2 heterocycles. The van der Waals surface area contributed by atoms with E-state index in [9.17, 15) is 0 Å². The standard InChI is InChI=1S/C12H12IN5/c1-6-4-15-11(16-5-6)12-17-9(7-2-3-7)8(13)10(14)18-12/h4-5,7H,2-3H2,1H3,(H2,14,17,18). The van der Waals surface area contributed by atoms with Crippen LogP contribution in [-0.4, -0.2) is 19.9 Å². The van der Waals surface area contributed by atoms with Gasteiger partial charge in [0.05, 0.1) is 9.26 Å². The lowest BCUT2D eigenvalue weighted by Crippen LogP contribution is -2.05. The van der Waals surface area contributed by atoms with Crippen LogP contribution >= 0.6 is 22.6 Å². The summed E-state index contributed by atoms with van der Waals surface area (Å²) in [6.07, 6.45) is 5.88. The van der Waals surface area contributed by atoms with Crippen LogP contribution in [-0.2, 0) is 0 Å². The van der Waals surface area contributed by atoms with Gasteiger partial charge in [-0.1, -0.05) is 0 Å². The van der Waals surface area contributed by atoms with Gasteiger partial charge in [-0.2, -0.15) is 0 Å². The topological polar surface area (TPSA) is 77.6 Å². The molecule has 1 aliphatic carbocycles. The fraction of sp³-hybridized carbons (Fsp3) is 0.333. The molecule has 2 aromatic heterocycles. The number of nitrogens with zero attached hydrogens (tertiary/aromatic N) is 4. The molecule has 1 fully saturated rings. The summed E-state index contributed by atoms with van der Waals surface area (Å²) in [7, 11) is 0. The van der Waals surface area contributed by atoms with Crippen LogP contribution in [0.2, 0.25) is 0 Å². The molecule has 0 aromatic carbocycles. The average molecular weight is 353 g/mol. The van der Waals surface area contributed by atoms with Gasteiger partial charge in [0, 0.05) is 18.3 Å². The van der Waals surface area contributed by atoms with Crippen molar-refractivity contribution in [3.63, 3.8) is 0 Å². The second-order valence-corrected chi connectivity index (χ2v) is 5.57. The third kappa shape index (κ3) is 2.16. The molecule has 0 bridgehead atoms. The zero-order chi connectivity index (χ0) is 12.7. The lowest BCUT2D eigenvalue weighted by atomic mass is 10.2. The quantitative estimate of drug-likeness (QED) is 0.839. The summed E-state index contributed by atoms with van der Waals surface area (Å²) >= 11 is 2.21. The SMILES string of the molecule is Cc1cnc(-c2nc(N)c(I)c(C3CC3)n2)nc1. The van der Waals surface area contributed by atoms with Crippen molar-refractivity contribution in [2.45, 2.75) is 25.7 Å². The lowest BCUT2D eigenvalue weighted by Gasteiger charge is -2.07. The monoisotopic (exact) mass is 353 g/mol. The summed E-state index contributed by atoms with van der Waals surface area (Å²) in [6.45, 7) is 1.95. The van der Waals surface area contributed by atoms with Gasteiger partial charge in [-0.25, -0.2) is 19.9 Å². The molecule has 92 valence electrons. The summed E-state index contributed by atoms with van der Waals surface area (Å²) in [5, 5.41) is 0. The number of aryl methyl sites for hydroxylation is 1. The van der Waals surface area contributed by atoms with E-state index in [1.807, 2.05) is 6.92 Å². The fourth-order valence-corrected chi connectivity index (χ4v) is 2.40. The van der Waals surface area contributed by atoms with Gasteiger partial charge in [0.1, 0.15) is 5.82 Å². The normalized spacial score (nSPS) is 14.8. The first-order valence-electron chi connectivity index (χ1n) is 5.77. The maximum Gasteiger partial charge on any atom is 0.200 e. The molecule has 0 unspecified atom stereocenters. The highest BCUT2D eigenvalue weighted by Crippen LogP contribution is 2.42. The summed E-state index contributed by atoms with van der Waals surface area (Å²) in [5.74, 6) is 2.11. The van der Waals surface area contributed by atoms with Gasteiger partial charge in [0.15, 0.2) is 11.6 Å². The number of aromatic nitrogens is 4. The molecule has 0 amide bonds. The van der Waals surface area contributed by atoms with E-state index in [1.165, 1.54) is 12.8 Å². The van der Waals surface area contributed by atoms with Crippen LogP contribution < -0.4 is 5.73 Å². The Morgan fingerprint density at radius 3 is 2.44 bits per heavy atom. The molecule has 0 spiro atoms. The number of hydrogen-bond acceptors (Lipinski definition) is 5. The Labute approximate surface area is 118 Å². The van der Waals surface area contributed by atoms with E-state index in [4.69, 9.17) is 5.73 Å². The molecule has 0 aliphatic heterocycles. The molecule has 2 N–H and O–H groups in total. The van der Waals surface area contributed by atoms with Gasteiger partial charge in [0.25, 0.3) is 0 Å². The molecule has 6 heteroatoms. The Bertz CT molecular complexity index is 592. The third-order valence-corrected chi connectivity index (χ3v) is 3.95. The Kier molecular flexibility index (Phi) is 2.89.